The minimum absolute atomic E-state index is 0.0846. The molecular formula is C18H20N2O. The van der Waals surface area contributed by atoms with Crippen LogP contribution in [0.3, 0.4) is 0 Å². The van der Waals surface area contributed by atoms with Crippen LogP contribution in [0.15, 0.2) is 54.6 Å². The van der Waals surface area contributed by atoms with Gasteiger partial charge < -0.3 is 10.1 Å². The van der Waals surface area contributed by atoms with Gasteiger partial charge in [-0.05, 0) is 36.6 Å². The van der Waals surface area contributed by atoms with Crippen LogP contribution < -0.4 is 10.1 Å². The number of nitrogens with zero attached hydrogens (tertiary/aromatic N) is 1. The molecule has 0 saturated heterocycles. The summed E-state index contributed by atoms with van der Waals surface area (Å²) in [4.78, 5) is 0. The number of hydrogen-bond acceptors (Lipinski definition) is 3. The van der Waals surface area contributed by atoms with E-state index in [1.54, 1.807) is 0 Å². The Morgan fingerprint density at radius 2 is 1.86 bits per heavy atom. The number of hydrogen-bond donors (Lipinski definition) is 1. The van der Waals surface area contributed by atoms with Crippen molar-refractivity contribution in [1.82, 2.24) is 5.32 Å². The normalized spacial score (nSPS) is 11.6. The lowest BCUT2D eigenvalue weighted by molar-refractivity contribution is 0.367. The fourth-order valence-electron chi connectivity index (χ4n) is 2.19. The molecule has 1 atom stereocenters. The molecule has 2 aromatic rings. The number of ether oxygens (including phenoxy) is 1. The predicted molar refractivity (Wildman–Crippen MR) is 84.0 cm³/mol. The van der Waals surface area contributed by atoms with Crippen molar-refractivity contribution in [2.24, 2.45) is 0 Å². The summed E-state index contributed by atoms with van der Waals surface area (Å²) in [5.41, 5.74) is 2.49. The Labute approximate surface area is 126 Å². The molecule has 0 amide bonds. The largest absolute Gasteiger partial charge is 0.479 e. The molecule has 3 heteroatoms. The number of benzene rings is 2. The summed E-state index contributed by atoms with van der Waals surface area (Å²) in [6, 6.07) is 20.7. The van der Waals surface area contributed by atoms with Crippen LogP contribution >= 0.6 is 0 Å². The summed E-state index contributed by atoms with van der Waals surface area (Å²) in [6.07, 6.45) is 1.01. The van der Waals surface area contributed by atoms with Crippen molar-refractivity contribution in [2.75, 3.05) is 6.61 Å². The number of nitrogens with one attached hydrogen (secondary N) is 1. The van der Waals surface area contributed by atoms with Gasteiger partial charge in [0.2, 0.25) is 0 Å². The summed E-state index contributed by atoms with van der Waals surface area (Å²) < 4.78 is 5.31. The van der Waals surface area contributed by atoms with E-state index in [-0.39, 0.29) is 6.61 Å². The number of nitriles is 1. The van der Waals surface area contributed by atoms with Gasteiger partial charge in [0.1, 0.15) is 11.8 Å². The van der Waals surface area contributed by atoms with Crippen LogP contribution in [0.2, 0.25) is 0 Å². The average Bonchev–Trinajstić information content (AvgIpc) is 2.52. The molecule has 1 N–H and O–H groups in total. The highest BCUT2D eigenvalue weighted by Crippen LogP contribution is 2.13. The molecule has 0 saturated carbocycles. The first-order valence-electron chi connectivity index (χ1n) is 7.14. The third-order valence-corrected chi connectivity index (χ3v) is 3.24. The first-order chi connectivity index (χ1) is 10.3. The molecule has 0 heterocycles. The van der Waals surface area contributed by atoms with E-state index >= 15 is 0 Å². The van der Waals surface area contributed by atoms with E-state index in [2.05, 4.69) is 42.6 Å². The molecule has 1 unspecified atom stereocenters. The highest BCUT2D eigenvalue weighted by molar-refractivity contribution is 5.28. The fraction of sp³-hybridized carbons (Fsp3) is 0.278. The zero-order valence-electron chi connectivity index (χ0n) is 12.3. The molecule has 21 heavy (non-hydrogen) atoms. The Morgan fingerprint density at radius 1 is 1.10 bits per heavy atom. The topological polar surface area (TPSA) is 45.0 Å². The Bertz CT molecular complexity index is 590. The van der Waals surface area contributed by atoms with Gasteiger partial charge in [0, 0.05) is 12.6 Å². The summed E-state index contributed by atoms with van der Waals surface area (Å²) >= 11 is 0. The quantitative estimate of drug-likeness (QED) is 0.846. The van der Waals surface area contributed by atoms with Gasteiger partial charge in [-0.15, -0.1) is 0 Å². The Morgan fingerprint density at radius 3 is 2.62 bits per heavy atom. The van der Waals surface area contributed by atoms with E-state index in [0.29, 0.717) is 6.04 Å². The number of rotatable bonds is 7. The monoisotopic (exact) mass is 280 g/mol. The first kappa shape index (κ1) is 15.1. The van der Waals surface area contributed by atoms with Crippen molar-refractivity contribution in [3.8, 4) is 11.8 Å². The van der Waals surface area contributed by atoms with Crippen LogP contribution in [0.25, 0.3) is 0 Å². The van der Waals surface area contributed by atoms with Crippen molar-refractivity contribution >= 4 is 0 Å². The highest BCUT2D eigenvalue weighted by Gasteiger charge is 2.03. The minimum atomic E-state index is 0.0846. The molecule has 2 aromatic carbocycles. The standard InChI is InChI=1S/C18H20N2O/c1-15(12-16-6-3-2-4-7-16)20-14-17-8-5-9-18(13-17)21-11-10-19/h2-9,13,15,20H,11-12,14H2,1H3. The Kier molecular flexibility index (Phi) is 5.81. The Balaban J connectivity index is 1.83. The third kappa shape index (κ3) is 5.29. The SMILES string of the molecule is CC(Cc1ccccc1)NCc1cccc(OCC#N)c1. The average molecular weight is 280 g/mol. The molecule has 0 aliphatic carbocycles. The van der Waals surface area contributed by atoms with Gasteiger partial charge >= 0.3 is 0 Å². The van der Waals surface area contributed by atoms with E-state index in [9.17, 15) is 0 Å². The maximum atomic E-state index is 8.53. The molecule has 2 rings (SSSR count). The lowest BCUT2D eigenvalue weighted by atomic mass is 10.1. The molecule has 0 spiro atoms. The Hall–Kier alpha value is -2.31. The second kappa shape index (κ2) is 8.08. The van der Waals surface area contributed by atoms with Crippen molar-refractivity contribution < 1.29 is 4.74 Å². The molecule has 0 aliphatic heterocycles. The van der Waals surface area contributed by atoms with E-state index in [0.717, 1.165) is 24.3 Å². The zero-order valence-corrected chi connectivity index (χ0v) is 12.3. The molecule has 0 fully saturated rings. The molecule has 108 valence electrons. The van der Waals surface area contributed by atoms with Crippen LogP contribution in [-0.4, -0.2) is 12.6 Å². The second-order valence-electron chi connectivity index (χ2n) is 5.07. The fourth-order valence-corrected chi connectivity index (χ4v) is 2.19. The smallest absolute Gasteiger partial charge is 0.174 e. The van der Waals surface area contributed by atoms with Crippen molar-refractivity contribution in [3.05, 3.63) is 65.7 Å². The van der Waals surface area contributed by atoms with Crippen molar-refractivity contribution in [1.29, 1.82) is 5.26 Å². The van der Waals surface area contributed by atoms with Crippen LogP contribution in [-0.2, 0) is 13.0 Å². The van der Waals surface area contributed by atoms with Crippen molar-refractivity contribution in [3.63, 3.8) is 0 Å². The van der Waals surface area contributed by atoms with Crippen LogP contribution in [0.4, 0.5) is 0 Å². The van der Waals surface area contributed by atoms with Gasteiger partial charge in [0.15, 0.2) is 6.61 Å². The van der Waals surface area contributed by atoms with Gasteiger partial charge in [-0.3, -0.25) is 0 Å². The van der Waals surface area contributed by atoms with E-state index in [4.69, 9.17) is 10.00 Å². The maximum Gasteiger partial charge on any atom is 0.174 e. The minimum Gasteiger partial charge on any atom is -0.479 e. The van der Waals surface area contributed by atoms with E-state index in [1.165, 1.54) is 5.56 Å². The predicted octanol–water partition coefficient (Wildman–Crippen LogP) is 3.31. The van der Waals surface area contributed by atoms with Gasteiger partial charge in [-0.2, -0.15) is 5.26 Å². The van der Waals surface area contributed by atoms with Gasteiger partial charge in [0.25, 0.3) is 0 Å². The molecular weight excluding hydrogens is 260 g/mol. The molecule has 3 nitrogen and oxygen atoms in total. The molecule has 0 radical (unpaired) electrons. The molecule has 0 aromatic heterocycles. The summed E-state index contributed by atoms with van der Waals surface area (Å²) in [7, 11) is 0. The van der Waals surface area contributed by atoms with Crippen molar-refractivity contribution in [2.45, 2.75) is 25.9 Å². The molecule has 0 aliphatic rings. The second-order valence-corrected chi connectivity index (χ2v) is 5.07. The van der Waals surface area contributed by atoms with E-state index < -0.39 is 0 Å². The van der Waals surface area contributed by atoms with Gasteiger partial charge in [-0.1, -0.05) is 42.5 Å². The summed E-state index contributed by atoms with van der Waals surface area (Å²) in [6.45, 7) is 3.06. The summed E-state index contributed by atoms with van der Waals surface area (Å²) in [5, 5.41) is 12.0. The van der Waals surface area contributed by atoms with Crippen LogP contribution in [0.5, 0.6) is 5.75 Å². The van der Waals surface area contributed by atoms with Gasteiger partial charge in [-0.25, -0.2) is 0 Å². The highest BCUT2D eigenvalue weighted by atomic mass is 16.5. The van der Waals surface area contributed by atoms with Gasteiger partial charge in [0.05, 0.1) is 0 Å². The zero-order chi connectivity index (χ0) is 14.9. The third-order valence-electron chi connectivity index (χ3n) is 3.24. The lowest BCUT2D eigenvalue weighted by Crippen LogP contribution is -2.27. The summed E-state index contributed by atoms with van der Waals surface area (Å²) in [5.74, 6) is 0.742. The maximum absolute atomic E-state index is 8.53. The lowest BCUT2D eigenvalue weighted by Gasteiger charge is -2.14. The van der Waals surface area contributed by atoms with Crippen LogP contribution in [0, 0.1) is 11.3 Å². The van der Waals surface area contributed by atoms with E-state index in [1.807, 2.05) is 30.3 Å². The molecule has 0 bridgehead atoms. The first-order valence-corrected chi connectivity index (χ1v) is 7.14. The van der Waals surface area contributed by atoms with Crippen LogP contribution in [0.1, 0.15) is 18.1 Å².